The number of halogens is 1. The fourth-order valence-corrected chi connectivity index (χ4v) is 6.08. The summed E-state index contributed by atoms with van der Waals surface area (Å²) < 4.78 is 27.0. The Balaban J connectivity index is 0.964. The van der Waals surface area contributed by atoms with Gasteiger partial charge < -0.3 is 30.1 Å². The Morgan fingerprint density at radius 2 is 1.69 bits per heavy atom. The van der Waals surface area contributed by atoms with Crippen LogP contribution in [-0.2, 0) is 9.59 Å². The molecule has 1 saturated heterocycles. The van der Waals surface area contributed by atoms with E-state index in [-0.39, 0.29) is 24.0 Å². The van der Waals surface area contributed by atoms with E-state index in [0.29, 0.717) is 52.9 Å². The van der Waals surface area contributed by atoms with E-state index in [9.17, 15) is 14.7 Å². The van der Waals surface area contributed by atoms with E-state index in [2.05, 4.69) is 20.5 Å². The summed E-state index contributed by atoms with van der Waals surface area (Å²) in [5.74, 6) is -0.576. The molecular formula is C35H35FN4O5. The van der Waals surface area contributed by atoms with Crippen molar-refractivity contribution < 1.29 is 28.6 Å². The number of aliphatic hydroxyl groups excluding tert-OH is 1. The maximum absolute atomic E-state index is 15.2. The summed E-state index contributed by atoms with van der Waals surface area (Å²) in [6, 6.07) is 20.1. The van der Waals surface area contributed by atoms with Crippen LogP contribution in [0, 0.1) is 16.6 Å². The molecule has 45 heavy (non-hydrogen) atoms. The van der Waals surface area contributed by atoms with Crippen LogP contribution >= 0.6 is 0 Å². The standard InChI is InChI=1S/C35H35FN4O5/c36-28-18-24(39-33(43)35(13-14-35)32(42)38-23-4-2-1-3-5-23)6-9-31(28)45-30-10-16-37-29-19-26(7-8-27(29)30)44-21-25(41)20-40-17-15-34(22-40)11-12-34/h1-10,16,18-19,25,41H,11-15,17,20-22H2,(H,38,42)(H,39,43). The lowest BCUT2D eigenvalue weighted by Gasteiger charge is -2.20. The molecule has 1 aliphatic heterocycles. The summed E-state index contributed by atoms with van der Waals surface area (Å²) in [7, 11) is 0. The number of hydrogen-bond acceptors (Lipinski definition) is 7. The van der Waals surface area contributed by atoms with Crippen molar-refractivity contribution in [3.05, 3.63) is 84.8 Å². The Morgan fingerprint density at radius 1 is 0.911 bits per heavy atom. The van der Waals surface area contributed by atoms with E-state index in [4.69, 9.17) is 9.47 Å². The van der Waals surface area contributed by atoms with Gasteiger partial charge in [0.2, 0.25) is 11.8 Å². The van der Waals surface area contributed by atoms with Crippen molar-refractivity contribution in [1.82, 2.24) is 9.88 Å². The number of para-hydroxylation sites is 1. The van der Waals surface area contributed by atoms with Crippen LogP contribution in [-0.4, -0.2) is 59.1 Å². The van der Waals surface area contributed by atoms with Gasteiger partial charge in [-0.1, -0.05) is 18.2 Å². The predicted molar refractivity (Wildman–Crippen MR) is 168 cm³/mol. The van der Waals surface area contributed by atoms with E-state index in [1.54, 1.807) is 54.7 Å². The summed E-state index contributed by atoms with van der Waals surface area (Å²) in [5, 5.41) is 16.7. The fourth-order valence-electron chi connectivity index (χ4n) is 6.08. The third-order valence-electron chi connectivity index (χ3n) is 9.12. The number of ether oxygens (including phenoxy) is 2. The number of amides is 2. The molecule has 3 N–H and O–H groups in total. The molecule has 0 bridgehead atoms. The first-order chi connectivity index (χ1) is 21.8. The van der Waals surface area contributed by atoms with Crippen molar-refractivity contribution in [2.75, 3.05) is 36.9 Å². The molecule has 4 aromatic rings. The molecule has 0 radical (unpaired) electrons. The van der Waals surface area contributed by atoms with Crippen LogP contribution in [0.1, 0.15) is 32.1 Å². The average molecular weight is 611 g/mol. The van der Waals surface area contributed by atoms with Gasteiger partial charge in [-0.3, -0.25) is 14.6 Å². The van der Waals surface area contributed by atoms with Crippen molar-refractivity contribution in [2.24, 2.45) is 10.8 Å². The van der Waals surface area contributed by atoms with E-state index in [1.165, 1.54) is 37.5 Å². The van der Waals surface area contributed by atoms with Crippen molar-refractivity contribution in [3.8, 4) is 17.2 Å². The van der Waals surface area contributed by atoms with Crippen molar-refractivity contribution in [3.63, 3.8) is 0 Å². The van der Waals surface area contributed by atoms with Gasteiger partial charge >= 0.3 is 0 Å². The monoisotopic (exact) mass is 610 g/mol. The van der Waals surface area contributed by atoms with Crippen LogP contribution in [0.3, 0.4) is 0 Å². The van der Waals surface area contributed by atoms with Gasteiger partial charge in [0.25, 0.3) is 0 Å². The number of fused-ring (bicyclic) bond motifs is 1. The second-order valence-electron chi connectivity index (χ2n) is 12.5. The van der Waals surface area contributed by atoms with Crippen LogP contribution in [0.2, 0.25) is 0 Å². The van der Waals surface area contributed by atoms with Gasteiger partial charge in [0, 0.05) is 48.2 Å². The number of likely N-dealkylation sites (tertiary alicyclic amines) is 1. The maximum Gasteiger partial charge on any atom is 0.240 e. The lowest BCUT2D eigenvalue weighted by Crippen LogP contribution is -2.35. The van der Waals surface area contributed by atoms with Gasteiger partial charge in [-0.15, -0.1) is 0 Å². The number of benzene rings is 3. The third kappa shape index (κ3) is 6.34. The van der Waals surface area contributed by atoms with Crippen LogP contribution in [0.15, 0.2) is 79.0 Å². The number of hydrogen-bond donors (Lipinski definition) is 3. The van der Waals surface area contributed by atoms with Crippen LogP contribution < -0.4 is 20.1 Å². The zero-order valence-electron chi connectivity index (χ0n) is 24.8. The molecule has 9 nitrogen and oxygen atoms in total. The lowest BCUT2D eigenvalue weighted by atomic mass is 10.0. The summed E-state index contributed by atoms with van der Waals surface area (Å²) in [6.07, 6.45) is 5.65. The first-order valence-corrected chi connectivity index (χ1v) is 15.4. The molecular weight excluding hydrogens is 575 g/mol. The molecule has 1 aromatic heterocycles. The highest BCUT2D eigenvalue weighted by Gasteiger charge is 2.56. The summed E-state index contributed by atoms with van der Waals surface area (Å²) in [5.41, 5.74) is 0.782. The van der Waals surface area contributed by atoms with Gasteiger partial charge in [0.1, 0.15) is 29.6 Å². The molecule has 3 aliphatic rings. The smallest absolute Gasteiger partial charge is 0.240 e. The largest absolute Gasteiger partial charge is 0.491 e. The summed E-state index contributed by atoms with van der Waals surface area (Å²) in [4.78, 5) is 32.6. The molecule has 1 spiro atoms. The number of nitrogens with zero attached hydrogens (tertiary/aromatic N) is 2. The van der Waals surface area contributed by atoms with Gasteiger partial charge in [-0.25, -0.2) is 4.39 Å². The molecule has 7 rings (SSSR count). The van der Waals surface area contributed by atoms with Gasteiger partial charge in [0.05, 0.1) is 5.52 Å². The number of anilines is 2. The number of pyridine rings is 1. The minimum Gasteiger partial charge on any atom is -0.491 e. The van der Waals surface area contributed by atoms with Gasteiger partial charge in [-0.2, -0.15) is 0 Å². The highest BCUT2D eigenvalue weighted by molar-refractivity contribution is 6.16. The van der Waals surface area contributed by atoms with Crippen LogP contribution in [0.5, 0.6) is 17.2 Å². The van der Waals surface area contributed by atoms with Crippen LogP contribution in [0.25, 0.3) is 10.9 Å². The Labute approximate surface area is 260 Å². The molecule has 1 unspecified atom stereocenters. The highest BCUT2D eigenvalue weighted by atomic mass is 19.1. The maximum atomic E-state index is 15.2. The van der Waals surface area contributed by atoms with Gasteiger partial charge in [0.15, 0.2) is 11.6 Å². The van der Waals surface area contributed by atoms with E-state index in [0.717, 1.165) is 13.1 Å². The van der Waals surface area contributed by atoms with E-state index >= 15 is 4.39 Å². The number of carbonyl (C=O) groups excluding carboxylic acids is 2. The lowest BCUT2D eigenvalue weighted by molar-refractivity contribution is -0.131. The normalized spacial score (nSPS) is 18.4. The zero-order chi connectivity index (χ0) is 31.0. The van der Waals surface area contributed by atoms with Crippen molar-refractivity contribution in [2.45, 2.75) is 38.2 Å². The Hall–Kier alpha value is -4.54. The van der Waals surface area contributed by atoms with Crippen molar-refractivity contribution in [1.29, 1.82) is 0 Å². The minimum atomic E-state index is -1.18. The molecule has 3 aromatic carbocycles. The first kappa shape index (κ1) is 29.2. The Bertz CT molecular complexity index is 1740. The Morgan fingerprint density at radius 3 is 2.40 bits per heavy atom. The van der Waals surface area contributed by atoms with E-state index in [1.807, 2.05) is 6.07 Å². The topological polar surface area (TPSA) is 113 Å². The number of aromatic nitrogens is 1. The van der Waals surface area contributed by atoms with Crippen molar-refractivity contribution >= 4 is 34.1 Å². The van der Waals surface area contributed by atoms with Crippen LogP contribution in [0.4, 0.5) is 15.8 Å². The predicted octanol–water partition coefficient (Wildman–Crippen LogP) is 5.75. The molecule has 2 amide bonds. The average Bonchev–Trinajstić information content (AvgIpc) is 3.96. The zero-order valence-corrected chi connectivity index (χ0v) is 24.8. The summed E-state index contributed by atoms with van der Waals surface area (Å²) in [6.45, 7) is 2.88. The number of carbonyl (C=O) groups is 2. The molecule has 2 heterocycles. The molecule has 2 aliphatic carbocycles. The summed E-state index contributed by atoms with van der Waals surface area (Å²) >= 11 is 0. The number of aliphatic hydroxyl groups is 1. The minimum absolute atomic E-state index is 0.0261. The molecule has 2 saturated carbocycles. The van der Waals surface area contributed by atoms with Gasteiger partial charge in [-0.05, 0) is 86.5 Å². The third-order valence-corrected chi connectivity index (χ3v) is 9.12. The number of rotatable bonds is 11. The molecule has 10 heteroatoms. The first-order valence-electron chi connectivity index (χ1n) is 15.4. The molecule has 232 valence electrons. The highest BCUT2D eigenvalue weighted by Crippen LogP contribution is 2.52. The second-order valence-corrected chi connectivity index (χ2v) is 12.5. The quantitative estimate of drug-likeness (QED) is 0.186. The fraction of sp³-hybridized carbons (Fsp3) is 0.343. The number of nitrogens with one attached hydrogen (secondary N) is 2. The van der Waals surface area contributed by atoms with E-state index < -0.39 is 23.2 Å². The second kappa shape index (κ2) is 11.8. The Kier molecular flexibility index (Phi) is 7.63. The molecule has 1 atom stereocenters. The SMILES string of the molecule is O=C(Nc1ccccc1)C1(C(=O)Nc2ccc(Oc3ccnc4cc(OCC(O)CN5CCC6(CC6)C5)ccc34)c(F)c2)CC1. The number of β-amino-alcohol motifs (C(OH)–C–C–N with tert-alkyl or cyclic N) is 1. The molecule has 3 fully saturated rings.